The number of hydrogen-bond acceptors (Lipinski definition) is 6. The summed E-state index contributed by atoms with van der Waals surface area (Å²) in [6.45, 7) is 3.00. The van der Waals surface area contributed by atoms with E-state index in [-0.39, 0.29) is 11.4 Å². The molecule has 0 amide bonds. The first kappa shape index (κ1) is 18.1. The highest BCUT2D eigenvalue weighted by Gasteiger charge is 2.15. The predicted octanol–water partition coefficient (Wildman–Crippen LogP) is -0.566. The zero-order valence-electron chi connectivity index (χ0n) is 12.5. The number of methoxy groups -OCH3 is 1. The molecule has 9 heteroatoms. The van der Waals surface area contributed by atoms with E-state index in [4.69, 9.17) is 9.47 Å². The maximum absolute atomic E-state index is 12.0. The van der Waals surface area contributed by atoms with Gasteiger partial charge in [0.15, 0.2) is 0 Å². The smallest absolute Gasteiger partial charge is 0.243 e. The Kier molecular flexibility index (Phi) is 8.47. The van der Waals surface area contributed by atoms with Crippen molar-refractivity contribution in [3.05, 3.63) is 12.4 Å². The summed E-state index contributed by atoms with van der Waals surface area (Å²) in [6.07, 6.45) is 3.77. The fourth-order valence-corrected chi connectivity index (χ4v) is 2.56. The summed E-state index contributed by atoms with van der Waals surface area (Å²) >= 11 is 0. The van der Waals surface area contributed by atoms with E-state index >= 15 is 0 Å². The molecule has 0 bridgehead atoms. The molecule has 2 N–H and O–H groups in total. The van der Waals surface area contributed by atoms with Gasteiger partial charge >= 0.3 is 0 Å². The van der Waals surface area contributed by atoms with E-state index in [1.54, 1.807) is 11.8 Å². The second kappa shape index (κ2) is 9.85. The zero-order valence-corrected chi connectivity index (χ0v) is 13.4. The predicted molar refractivity (Wildman–Crippen MR) is 78.7 cm³/mol. The number of aromatic nitrogens is 2. The van der Waals surface area contributed by atoms with E-state index < -0.39 is 10.0 Å². The summed E-state index contributed by atoms with van der Waals surface area (Å²) < 4.78 is 38.1. The van der Waals surface area contributed by atoms with Crippen molar-refractivity contribution in [2.75, 3.05) is 47.1 Å². The third-order valence-electron chi connectivity index (χ3n) is 2.70. The SMILES string of the molecule is CNCCCn1cc(S(=O)(=O)NCCOCCOC)cn1. The lowest BCUT2D eigenvalue weighted by Gasteiger charge is -2.05. The van der Waals surface area contributed by atoms with Crippen LogP contribution >= 0.6 is 0 Å². The largest absolute Gasteiger partial charge is 0.382 e. The Morgan fingerprint density at radius 2 is 2.10 bits per heavy atom. The van der Waals surface area contributed by atoms with E-state index in [1.807, 2.05) is 7.05 Å². The van der Waals surface area contributed by atoms with Crippen LogP contribution in [0.1, 0.15) is 6.42 Å². The molecule has 1 aromatic heterocycles. The van der Waals surface area contributed by atoms with E-state index in [2.05, 4.69) is 15.1 Å². The van der Waals surface area contributed by atoms with E-state index in [1.165, 1.54) is 12.4 Å². The minimum absolute atomic E-state index is 0.170. The van der Waals surface area contributed by atoms with Gasteiger partial charge < -0.3 is 14.8 Å². The van der Waals surface area contributed by atoms with Gasteiger partial charge in [0.2, 0.25) is 10.0 Å². The zero-order chi connectivity index (χ0) is 15.6. The summed E-state index contributed by atoms with van der Waals surface area (Å²) in [5.74, 6) is 0. The van der Waals surface area contributed by atoms with Crippen molar-refractivity contribution in [2.24, 2.45) is 0 Å². The van der Waals surface area contributed by atoms with Gasteiger partial charge in [-0.2, -0.15) is 5.10 Å². The topological polar surface area (TPSA) is 94.5 Å². The van der Waals surface area contributed by atoms with Gasteiger partial charge in [0.25, 0.3) is 0 Å². The standard InChI is InChI=1S/C12H24N4O4S/c1-13-4-3-6-16-11-12(10-14-16)21(17,18)15-5-7-20-9-8-19-2/h10-11,13,15H,3-9H2,1-2H3. The third-order valence-corrected chi connectivity index (χ3v) is 4.12. The van der Waals surface area contributed by atoms with Crippen LogP contribution < -0.4 is 10.0 Å². The van der Waals surface area contributed by atoms with Crippen LogP contribution in [-0.4, -0.2) is 65.3 Å². The second-order valence-electron chi connectivity index (χ2n) is 4.40. The van der Waals surface area contributed by atoms with Crippen molar-refractivity contribution in [1.29, 1.82) is 0 Å². The lowest BCUT2D eigenvalue weighted by atomic mass is 10.4. The first-order valence-corrected chi connectivity index (χ1v) is 8.32. The lowest BCUT2D eigenvalue weighted by Crippen LogP contribution is -2.27. The monoisotopic (exact) mass is 320 g/mol. The van der Waals surface area contributed by atoms with Crippen molar-refractivity contribution < 1.29 is 17.9 Å². The van der Waals surface area contributed by atoms with Gasteiger partial charge in [0, 0.05) is 26.4 Å². The number of sulfonamides is 1. The molecule has 8 nitrogen and oxygen atoms in total. The van der Waals surface area contributed by atoms with Gasteiger partial charge in [-0.3, -0.25) is 4.68 Å². The maximum Gasteiger partial charge on any atom is 0.243 e. The fraction of sp³-hybridized carbons (Fsp3) is 0.750. The average molecular weight is 320 g/mol. The third kappa shape index (κ3) is 7.00. The Labute approximate surface area is 125 Å². The van der Waals surface area contributed by atoms with Gasteiger partial charge in [-0.05, 0) is 20.0 Å². The fourth-order valence-electron chi connectivity index (χ4n) is 1.60. The molecule has 0 aliphatic heterocycles. The van der Waals surface area contributed by atoms with Crippen molar-refractivity contribution in [3.63, 3.8) is 0 Å². The average Bonchev–Trinajstić information content (AvgIpc) is 2.93. The number of ether oxygens (including phenoxy) is 2. The minimum Gasteiger partial charge on any atom is -0.382 e. The van der Waals surface area contributed by atoms with Crippen molar-refractivity contribution >= 4 is 10.0 Å². The molecule has 1 aromatic rings. The van der Waals surface area contributed by atoms with Crippen LogP contribution in [-0.2, 0) is 26.0 Å². The molecule has 0 radical (unpaired) electrons. The molecular weight excluding hydrogens is 296 g/mol. The van der Waals surface area contributed by atoms with Crippen molar-refractivity contribution in [1.82, 2.24) is 19.8 Å². The molecule has 0 saturated heterocycles. The van der Waals surface area contributed by atoms with Crippen LogP contribution in [0.15, 0.2) is 17.3 Å². The van der Waals surface area contributed by atoms with Gasteiger partial charge in [-0.15, -0.1) is 0 Å². The Hall–Kier alpha value is -1.00. The van der Waals surface area contributed by atoms with Crippen LogP contribution in [0.3, 0.4) is 0 Å². The van der Waals surface area contributed by atoms with E-state index in [0.29, 0.717) is 26.4 Å². The second-order valence-corrected chi connectivity index (χ2v) is 6.17. The molecule has 0 unspecified atom stereocenters. The molecule has 0 atom stereocenters. The van der Waals surface area contributed by atoms with E-state index in [0.717, 1.165) is 13.0 Å². The van der Waals surface area contributed by atoms with Gasteiger partial charge in [-0.25, -0.2) is 13.1 Å². The summed E-state index contributed by atoms with van der Waals surface area (Å²) in [6, 6.07) is 0. The molecule has 0 aliphatic carbocycles. The molecule has 0 saturated carbocycles. The molecule has 0 fully saturated rings. The number of aryl methyl sites for hydroxylation is 1. The van der Waals surface area contributed by atoms with Crippen LogP contribution in [0.5, 0.6) is 0 Å². The van der Waals surface area contributed by atoms with Gasteiger partial charge in [0.1, 0.15) is 4.90 Å². The molecule has 0 spiro atoms. The van der Waals surface area contributed by atoms with Gasteiger partial charge in [-0.1, -0.05) is 0 Å². The first-order chi connectivity index (χ1) is 10.1. The Morgan fingerprint density at radius 1 is 1.29 bits per heavy atom. The highest BCUT2D eigenvalue weighted by Crippen LogP contribution is 2.06. The number of rotatable bonds is 12. The number of hydrogen-bond donors (Lipinski definition) is 2. The van der Waals surface area contributed by atoms with Crippen molar-refractivity contribution in [2.45, 2.75) is 17.9 Å². The summed E-state index contributed by atoms with van der Waals surface area (Å²) in [5, 5.41) is 7.07. The summed E-state index contributed by atoms with van der Waals surface area (Å²) in [4.78, 5) is 0.170. The number of nitrogens with one attached hydrogen (secondary N) is 2. The Morgan fingerprint density at radius 3 is 2.81 bits per heavy atom. The Bertz CT molecular complexity index is 489. The van der Waals surface area contributed by atoms with Crippen LogP contribution in [0.25, 0.3) is 0 Å². The molecular formula is C12H24N4O4S. The van der Waals surface area contributed by atoms with Crippen LogP contribution in [0.4, 0.5) is 0 Å². The van der Waals surface area contributed by atoms with Gasteiger partial charge in [0.05, 0.1) is 26.0 Å². The number of nitrogens with zero attached hydrogens (tertiary/aromatic N) is 2. The van der Waals surface area contributed by atoms with Crippen LogP contribution in [0, 0.1) is 0 Å². The molecule has 21 heavy (non-hydrogen) atoms. The molecule has 122 valence electrons. The summed E-state index contributed by atoms with van der Waals surface area (Å²) in [7, 11) is -0.0667. The van der Waals surface area contributed by atoms with Crippen LogP contribution in [0.2, 0.25) is 0 Å². The molecule has 1 heterocycles. The lowest BCUT2D eigenvalue weighted by molar-refractivity contribution is 0.0736. The highest BCUT2D eigenvalue weighted by atomic mass is 32.2. The quantitative estimate of drug-likeness (QED) is 0.501. The maximum atomic E-state index is 12.0. The highest BCUT2D eigenvalue weighted by molar-refractivity contribution is 7.89. The van der Waals surface area contributed by atoms with Crippen molar-refractivity contribution in [3.8, 4) is 0 Å². The Balaban J connectivity index is 2.36. The first-order valence-electron chi connectivity index (χ1n) is 6.83. The molecule has 0 aliphatic rings. The summed E-state index contributed by atoms with van der Waals surface area (Å²) in [5.41, 5.74) is 0. The molecule has 1 rings (SSSR count). The molecule has 0 aromatic carbocycles. The van der Waals surface area contributed by atoms with E-state index in [9.17, 15) is 8.42 Å². The minimum atomic E-state index is -3.52. The normalized spacial score (nSPS) is 11.9.